The van der Waals surface area contributed by atoms with Gasteiger partial charge in [0.1, 0.15) is 11.6 Å². The van der Waals surface area contributed by atoms with E-state index < -0.39 is 0 Å². The van der Waals surface area contributed by atoms with Crippen LogP contribution in [0.25, 0.3) is 22.3 Å². The summed E-state index contributed by atoms with van der Waals surface area (Å²) in [5.41, 5.74) is 3.23. The number of rotatable bonds is 5. The highest BCUT2D eigenvalue weighted by atomic mass is 16.5. The van der Waals surface area contributed by atoms with E-state index in [1.807, 2.05) is 63.2 Å². The van der Waals surface area contributed by atoms with Gasteiger partial charge >= 0.3 is 0 Å². The Kier molecular flexibility index (Phi) is 6.96. The highest BCUT2D eigenvalue weighted by Crippen LogP contribution is 2.29. The summed E-state index contributed by atoms with van der Waals surface area (Å²) in [5, 5.41) is 0.564. The van der Waals surface area contributed by atoms with Gasteiger partial charge in [-0.15, -0.1) is 0 Å². The Labute approximate surface area is 177 Å². The number of benzene rings is 2. The van der Waals surface area contributed by atoms with Crippen LogP contribution in [0.15, 0.2) is 71.7 Å². The van der Waals surface area contributed by atoms with Crippen LogP contribution in [0.4, 0.5) is 0 Å². The molecule has 0 radical (unpaired) electrons. The third-order valence-electron chi connectivity index (χ3n) is 4.87. The Morgan fingerprint density at radius 3 is 2.40 bits per heavy atom. The lowest BCUT2D eigenvalue weighted by Gasteiger charge is -2.16. The van der Waals surface area contributed by atoms with Crippen molar-refractivity contribution in [2.75, 3.05) is 7.11 Å². The van der Waals surface area contributed by atoms with Crippen molar-refractivity contribution < 1.29 is 4.74 Å². The van der Waals surface area contributed by atoms with Gasteiger partial charge < -0.3 is 4.74 Å². The van der Waals surface area contributed by atoms with Gasteiger partial charge in [-0.3, -0.25) is 14.3 Å². The Morgan fingerprint density at radius 2 is 1.67 bits per heavy atom. The fourth-order valence-electron chi connectivity index (χ4n) is 3.44. The van der Waals surface area contributed by atoms with Gasteiger partial charge in [-0.1, -0.05) is 56.3 Å². The summed E-state index contributed by atoms with van der Waals surface area (Å²) >= 11 is 0. The first-order valence-electron chi connectivity index (χ1n) is 10.2. The zero-order valence-corrected chi connectivity index (χ0v) is 17.9. The van der Waals surface area contributed by atoms with E-state index in [2.05, 4.69) is 17.1 Å². The fourth-order valence-corrected chi connectivity index (χ4v) is 3.44. The van der Waals surface area contributed by atoms with Crippen molar-refractivity contribution >= 4 is 10.9 Å². The third-order valence-corrected chi connectivity index (χ3v) is 4.87. The molecule has 2 heterocycles. The first kappa shape index (κ1) is 21.2. The van der Waals surface area contributed by atoms with Crippen LogP contribution in [0.5, 0.6) is 5.75 Å². The molecule has 0 spiro atoms. The second kappa shape index (κ2) is 9.83. The molecule has 5 heteroatoms. The average molecular weight is 402 g/mol. The molecule has 0 fully saturated rings. The van der Waals surface area contributed by atoms with E-state index in [4.69, 9.17) is 9.72 Å². The normalized spacial score (nSPS) is 10.4. The van der Waals surface area contributed by atoms with Crippen molar-refractivity contribution in [3.63, 3.8) is 0 Å². The summed E-state index contributed by atoms with van der Waals surface area (Å²) < 4.78 is 7.26. The van der Waals surface area contributed by atoms with Gasteiger partial charge in [-0.05, 0) is 37.1 Å². The zero-order chi connectivity index (χ0) is 21.5. The molecule has 0 saturated carbocycles. The molecule has 4 aromatic rings. The van der Waals surface area contributed by atoms with E-state index >= 15 is 0 Å². The molecular formula is C25H27N3O2. The molecule has 0 bridgehead atoms. The topological polar surface area (TPSA) is 57.0 Å². The number of pyridine rings is 1. The lowest BCUT2D eigenvalue weighted by Crippen LogP contribution is -2.25. The Bertz CT molecular complexity index is 1180. The third kappa shape index (κ3) is 4.25. The van der Waals surface area contributed by atoms with Crippen LogP contribution in [0.3, 0.4) is 0 Å². The summed E-state index contributed by atoms with van der Waals surface area (Å²) in [6.07, 6.45) is 2.42. The number of nitrogens with zero attached hydrogens (tertiary/aromatic N) is 3. The van der Waals surface area contributed by atoms with Crippen molar-refractivity contribution in [3.8, 4) is 17.1 Å². The molecule has 0 amide bonds. The maximum Gasteiger partial charge on any atom is 0.263 e. The highest BCUT2D eigenvalue weighted by molar-refractivity contribution is 5.82. The summed E-state index contributed by atoms with van der Waals surface area (Å²) in [4.78, 5) is 22.5. The van der Waals surface area contributed by atoms with E-state index in [0.717, 1.165) is 12.0 Å². The van der Waals surface area contributed by atoms with Gasteiger partial charge in [-0.2, -0.15) is 0 Å². The number of ether oxygens (including phenoxy) is 1. The fraction of sp³-hybridized carbons (Fsp3) is 0.240. The van der Waals surface area contributed by atoms with Crippen molar-refractivity contribution in [1.29, 1.82) is 0 Å². The number of hydrogen-bond acceptors (Lipinski definition) is 4. The van der Waals surface area contributed by atoms with Gasteiger partial charge in [0.05, 0.1) is 29.3 Å². The maximum atomic E-state index is 13.4. The molecule has 154 valence electrons. The molecule has 2 aromatic carbocycles. The van der Waals surface area contributed by atoms with Crippen molar-refractivity contribution in [2.24, 2.45) is 0 Å². The monoisotopic (exact) mass is 401 g/mol. The lowest BCUT2D eigenvalue weighted by molar-refractivity contribution is 0.415. The van der Waals surface area contributed by atoms with E-state index in [1.165, 1.54) is 5.56 Å². The predicted molar refractivity (Wildman–Crippen MR) is 122 cm³/mol. The van der Waals surface area contributed by atoms with E-state index in [-0.39, 0.29) is 5.56 Å². The zero-order valence-electron chi connectivity index (χ0n) is 17.9. The molecule has 0 aliphatic rings. The molecule has 2 aromatic heterocycles. The lowest BCUT2D eigenvalue weighted by atomic mass is 10.1. The van der Waals surface area contributed by atoms with Crippen molar-refractivity contribution in [2.45, 2.75) is 33.7 Å². The van der Waals surface area contributed by atoms with Crippen LogP contribution in [-0.2, 0) is 13.0 Å². The number of para-hydroxylation sites is 1. The summed E-state index contributed by atoms with van der Waals surface area (Å²) in [5.74, 6) is 1.30. The highest BCUT2D eigenvalue weighted by Gasteiger charge is 2.17. The van der Waals surface area contributed by atoms with Crippen LogP contribution >= 0.6 is 0 Å². The minimum Gasteiger partial charge on any atom is -0.496 e. The van der Waals surface area contributed by atoms with E-state index in [0.29, 0.717) is 34.7 Å². The second-order valence-corrected chi connectivity index (χ2v) is 6.62. The summed E-state index contributed by atoms with van der Waals surface area (Å²) in [6, 6.07) is 19.6. The standard InChI is InChI=1S/C23H21N3O2.C2H6/c1-16-21-19(12-14-24-16)25-22(18-10-6-7-11-20(18)28-2)26(23(21)27)15-13-17-8-4-3-5-9-17;1-2/h3-12,14H,13,15H2,1-2H3;1-2H3. The Hall–Kier alpha value is -3.47. The van der Waals surface area contributed by atoms with E-state index in [1.54, 1.807) is 23.9 Å². The molecular weight excluding hydrogens is 374 g/mol. The van der Waals surface area contributed by atoms with Crippen LogP contribution in [0, 0.1) is 6.92 Å². The van der Waals surface area contributed by atoms with E-state index in [9.17, 15) is 4.79 Å². The van der Waals surface area contributed by atoms with Crippen LogP contribution in [-0.4, -0.2) is 21.6 Å². The number of fused-ring (bicyclic) bond motifs is 1. The van der Waals surface area contributed by atoms with Crippen LogP contribution < -0.4 is 10.3 Å². The molecule has 0 unspecified atom stereocenters. The summed E-state index contributed by atoms with van der Waals surface area (Å²) in [6.45, 7) is 6.36. The van der Waals surface area contributed by atoms with Gasteiger partial charge in [0.2, 0.25) is 0 Å². The van der Waals surface area contributed by atoms with Crippen LogP contribution in [0.1, 0.15) is 25.1 Å². The number of aromatic nitrogens is 3. The molecule has 0 aliphatic carbocycles. The summed E-state index contributed by atoms with van der Waals surface area (Å²) in [7, 11) is 1.63. The van der Waals surface area contributed by atoms with Gasteiger partial charge in [0, 0.05) is 12.7 Å². The van der Waals surface area contributed by atoms with Gasteiger partial charge in [0.25, 0.3) is 5.56 Å². The van der Waals surface area contributed by atoms with Crippen LogP contribution in [0.2, 0.25) is 0 Å². The number of aryl methyl sites for hydroxylation is 2. The molecule has 0 saturated heterocycles. The van der Waals surface area contributed by atoms with Crippen molar-refractivity contribution in [1.82, 2.24) is 14.5 Å². The quantitative estimate of drug-likeness (QED) is 0.470. The molecule has 0 atom stereocenters. The molecule has 0 N–H and O–H groups in total. The predicted octanol–water partition coefficient (Wildman–Crippen LogP) is 5.04. The first-order chi connectivity index (χ1) is 14.7. The maximum absolute atomic E-state index is 13.4. The average Bonchev–Trinajstić information content (AvgIpc) is 2.80. The van der Waals surface area contributed by atoms with Gasteiger partial charge in [-0.25, -0.2) is 4.98 Å². The second-order valence-electron chi connectivity index (χ2n) is 6.62. The minimum atomic E-state index is -0.0764. The Morgan fingerprint density at radius 1 is 0.967 bits per heavy atom. The minimum absolute atomic E-state index is 0.0764. The SMILES string of the molecule is CC.COc1ccccc1-c1nc2ccnc(C)c2c(=O)n1CCc1ccccc1. The molecule has 5 nitrogen and oxygen atoms in total. The molecule has 30 heavy (non-hydrogen) atoms. The Balaban J connectivity index is 0.00000124. The van der Waals surface area contributed by atoms with Crippen molar-refractivity contribution in [3.05, 3.63) is 88.5 Å². The number of methoxy groups -OCH3 is 1. The smallest absolute Gasteiger partial charge is 0.263 e. The molecule has 0 aliphatic heterocycles. The van der Waals surface area contributed by atoms with Gasteiger partial charge in [0.15, 0.2) is 0 Å². The first-order valence-corrected chi connectivity index (χ1v) is 10.2. The number of hydrogen-bond donors (Lipinski definition) is 0. The molecule has 4 rings (SSSR count). The largest absolute Gasteiger partial charge is 0.496 e.